The molecule has 0 saturated carbocycles. The van der Waals surface area contributed by atoms with Gasteiger partial charge >= 0.3 is 0 Å². The van der Waals surface area contributed by atoms with Crippen LogP contribution in [0.4, 0.5) is 17.3 Å². The Labute approximate surface area is 196 Å². The van der Waals surface area contributed by atoms with Gasteiger partial charge in [0.2, 0.25) is 5.91 Å². The van der Waals surface area contributed by atoms with Gasteiger partial charge in [0.15, 0.2) is 11.5 Å². The fraction of sp³-hybridized carbons (Fsp3) is 0.261. The summed E-state index contributed by atoms with van der Waals surface area (Å²) >= 11 is 0. The van der Waals surface area contributed by atoms with Crippen LogP contribution in [0.2, 0.25) is 0 Å². The molecule has 5 N–H and O–H groups in total. The number of H-pyrrole nitrogens is 1. The number of benzene rings is 2. The summed E-state index contributed by atoms with van der Waals surface area (Å²) in [4.78, 5) is 16.3. The first-order valence-electron chi connectivity index (χ1n) is 10.7. The molecular weight excluding hydrogens is 436 g/mol. The minimum atomic E-state index is -0.446. The first kappa shape index (κ1) is 22.8. The van der Waals surface area contributed by atoms with Gasteiger partial charge in [-0.1, -0.05) is 24.2 Å². The third-order valence-electron chi connectivity index (χ3n) is 5.49. The minimum Gasteiger partial charge on any atom is -0.493 e. The maximum atomic E-state index is 11.8. The summed E-state index contributed by atoms with van der Waals surface area (Å²) < 4.78 is 10.9. The topological polar surface area (TPSA) is 153 Å². The molecule has 0 aliphatic heterocycles. The predicted molar refractivity (Wildman–Crippen MR) is 128 cm³/mol. The summed E-state index contributed by atoms with van der Waals surface area (Å²) in [6, 6.07) is 9.66. The second-order valence-electron chi connectivity index (χ2n) is 7.54. The molecule has 11 nitrogen and oxygen atoms in total. The average molecular weight is 463 g/mol. The Bertz CT molecular complexity index is 1310. The van der Waals surface area contributed by atoms with Crippen LogP contribution in [0.25, 0.3) is 10.9 Å². The molecule has 2 aromatic carbocycles. The van der Waals surface area contributed by atoms with Crippen LogP contribution in [-0.2, 0) is 24.2 Å². The Morgan fingerprint density at radius 1 is 1.15 bits per heavy atom. The molecule has 2 aromatic heterocycles. The van der Waals surface area contributed by atoms with E-state index < -0.39 is 5.91 Å². The molecule has 0 atom stereocenters. The molecule has 176 valence electrons. The normalized spacial score (nSPS) is 10.8. The van der Waals surface area contributed by atoms with Crippen LogP contribution in [0.5, 0.6) is 11.5 Å². The Morgan fingerprint density at radius 2 is 1.94 bits per heavy atom. The summed E-state index contributed by atoms with van der Waals surface area (Å²) in [5.41, 5.74) is 10.7. The molecule has 34 heavy (non-hydrogen) atoms. The molecule has 0 spiro atoms. The van der Waals surface area contributed by atoms with Crippen molar-refractivity contribution in [1.82, 2.24) is 25.6 Å². The first-order valence-corrected chi connectivity index (χ1v) is 10.7. The van der Waals surface area contributed by atoms with Crippen LogP contribution < -0.4 is 25.8 Å². The number of hydrogen-bond acceptors (Lipinski definition) is 9. The number of nitrogens with zero attached hydrogens (tertiary/aromatic N) is 4. The molecule has 4 rings (SSSR count). The summed E-state index contributed by atoms with van der Waals surface area (Å²) in [5.74, 6) is 1.11. The minimum absolute atomic E-state index is 0.0418. The number of amides is 1. The second kappa shape index (κ2) is 10.0. The van der Waals surface area contributed by atoms with Gasteiger partial charge in [-0.2, -0.15) is 5.21 Å². The lowest BCUT2D eigenvalue weighted by molar-refractivity contribution is -0.117. The van der Waals surface area contributed by atoms with E-state index in [0.717, 1.165) is 34.3 Å². The molecule has 0 aliphatic rings. The van der Waals surface area contributed by atoms with Crippen molar-refractivity contribution in [2.75, 3.05) is 24.9 Å². The lowest BCUT2D eigenvalue weighted by atomic mass is 10.0. The summed E-state index contributed by atoms with van der Waals surface area (Å²) in [5, 5.41) is 21.3. The van der Waals surface area contributed by atoms with Gasteiger partial charge in [0.1, 0.15) is 0 Å². The monoisotopic (exact) mass is 462 g/mol. The van der Waals surface area contributed by atoms with E-state index in [0.29, 0.717) is 35.1 Å². The van der Waals surface area contributed by atoms with E-state index in [-0.39, 0.29) is 6.42 Å². The zero-order chi connectivity index (χ0) is 24.1. The number of rotatable bonds is 10. The fourth-order valence-corrected chi connectivity index (χ4v) is 3.91. The van der Waals surface area contributed by atoms with Crippen LogP contribution in [0, 0.1) is 0 Å². The second-order valence-corrected chi connectivity index (χ2v) is 7.54. The van der Waals surface area contributed by atoms with Crippen molar-refractivity contribution in [3.63, 3.8) is 0 Å². The molecule has 0 saturated heterocycles. The summed E-state index contributed by atoms with van der Waals surface area (Å²) in [6.45, 7) is 2.61. The quantitative estimate of drug-likeness (QED) is 0.278. The number of fused-ring (bicyclic) bond motifs is 1. The zero-order valence-electron chi connectivity index (χ0n) is 19.2. The van der Waals surface area contributed by atoms with E-state index >= 15 is 0 Å². The van der Waals surface area contributed by atoms with Crippen LogP contribution in [0.15, 0.2) is 36.5 Å². The van der Waals surface area contributed by atoms with Gasteiger partial charge in [-0.15, -0.1) is 5.10 Å². The first-order chi connectivity index (χ1) is 16.5. The Balaban J connectivity index is 1.79. The highest BCUT2D eigenvalue weighted by atomic mass is 16.5. The molecule has 0 unspecified atom stereocenters. The van der Waals surface area contributed by atoms with Gasteiger partial charge < -0.3 is 25.8 Å². The lowest BCUT2D eigenvalue weighted by Gasteiger charge is -2.19. The SMILES string of the molecule is CCc1c(CNc2nn[nH]n2)cccc1Nc1c(CC(N)=O)cnc2cc(OC)c(OC)cc12. The van der Waals surface area contributed by atoms with E-state index in [9.17, 15) is 4.79 Å². The van der Waals surface area contributed by atoms with Gasteiger partial charge in [-0.05, 0) is 34.9 Å². The van der Waals surface area contributed by atoms with Crippen LogP contribution in [0.3, 0.4) is 0 Å². The van der Waals surface area contributed by atoms with E-state index in [1.807, 2.05) is 24.3 Å². The number of primary amides is 1. The highest BCUT2D eigenvalue weighted by Crippen LogP contribution is 2.38. The number of methoxy groups -OCH3 is 2. The molecule has 0 fully saturated rings. The van der Waals surface area contributed by atoms with Crippen LogP contribution in [0.1, 0.15) is 23.6 Å². The van der Waals surface area contributed by atoms with Crippen LogP contribution in [-0.4, -0.2) is 45.7 Å². The van der Waals surface area contributed by atoms with Crippen molar-refractivity contribution in [3.05, 3.63) is 53.2 Å². The smallest absolute Gasteiger partial charge is 0.263 e. The molecule has 0 radical (unpaired) electrons. The van der Waals surface area contributed by atoms with Gasteiger partial charge in [-0.25, -0.2) is 0 Å². The lowest BCUT2D eigenvalue weighted by Crippen LogP contribution is -2.15. The Kier molecular flexibility index (Phi) is 6.72. The van der Waals surface area contributed by atoms with Crippen molar-refractivity contribution in [2.45, 2.75) is 26.3 Å². The number of tetrazole rings is 1. The Morgan fingerprint density at radius 3 is 2.62 bits per heavy atom. The van der Waals surface area contributed by atoms with Crippen molar-refractivity contribution in [1.29, 1.82) is 0 Å². The van der Waals surface area contributed by atoms with Crippen molar-refractivity contribution in [2.24, 2.45) is 5.73 Å². The summed E-state index contributed by atoms with van der Waals surface area (Å²) in [7, 11) is 3.15. The third-order valence-corrected chi connectivity index (χ3v) is 5.49. The predicted octanol–water partition coefficient (Wildman–Crippen LogP) is 2.71. The Hall–Kier alpha value is -4.41. The highest BCUT2D eigenvalue weighted by Gasteiger charge is 2.17. The molecule has 0 bridgehead atoms. The number of nitrogens with one attached hydrogen (secondary N) is 3. The van der Waals surface area contributed by atoms with E-state index in [4.69, 9.17) is 15.2 Å². The average Bonchev–Trinajstić information content (AvgIpc) is 3.36. The van der Waals surface area contributed by atoms with Crippen molar-refractivity contribution in [3.8, 4) is 11.5 Å². The third kappa shape index (κ3) is 4.68. The van der Waals surface area contributed by atoms with Gasteiger partial charge in [0.25, 0.3) is 5.95 Å². The number of carbonyl (C=O) groups excluding carboxylic acids is 1. The molecule has 1 amide bonds. The maximum absolute atomic E-state index is 11.8. The highest BCUT2D eigenvalue weighted by molar-refractivity contribution is 5.98. The standard InChI is InChI=1S/C23H26N8O3/c1-4-15-13(11-26-23-28-30-31-29-23)6-5-7-17(15)27-22-14(8-21(24)32)12-25-18-10-20(34-3)19(33-2)9-16(18)22/h5-7,9-10,12H,4,8,11H2,1-3H3,(H2,24,32)(H,25,27)(H2,26,28,29,30,31). The van der Waals surface area contributed by atoms with Crippen molar-refractivity contribution < 1.29 is 14.3 Å². The van der Waals surface area contributed by atoms with Crippen molar-refractivity contribution >= 4 is 34.1 Å². The molecule has 4 aromatic rings. The van der Waals surface area contributed by atoms with E-state index in [2.05, 4.69) is 43.2 Å². The van der Waals surface area contributed by atoms with E-state index in [1.54, 1.807) is 26.5 Å². The van der Waals surface area contributed by atoms with Gasteiger partial charge in [-0.3, -0.25) is 9.78 Å². The number of pyridine rings is 1. The number of hydrogen-bond donors (Lipinski definition) is 4. The fourth-order valence-electron chi connectivity index (χ4n) is 3.91. The molecular formula is C23H26N8O3. The number of aromatic amines is 1. The number of anilines is 3. The number of ether oxygens (including phenoxy) is 2. The summed E-state index contributed by atoms with van der Waals surface area (Å²) in [6.07, 6.45) is 2.48. The number of carbonyl (C=O) groups is 1. The zero-order valence-corrected chi connectivity index (χ0v) is 19.2. The van der Waals surface area contributed by atoms with Gasteiger partial charge in [0, 0.05) is 35.4 Å². The number of aromatic nitrogens is 5. The molecule has 2 heterocycles. The number of nitrogens with two attached hydrogens (primary N) is 1. The molecule has 0 aliphatic carbocycles. The van der Waals surface area contributed by atoms with E-state index in [1.165, 1.54) is 0 Å². The molecule has 11 heteroatoms. The maximum Gasteiger partial charge on any atom is 0.263 e. The van der Waals surface area contributed by atoms with Gasteiger partial charge in [0.05, 0.1) is 31.8 Å². The van der Waals surface area contributed by atoms with Crippen LogP contribution >= 0.6 is 0 Å². The largest absolute Gasteiger partial charge is 0.493 e.